The zero-order chi connectivity index (χ0) is 12.1. The van der Waals surface area contributed by atoms with Crippen LogP contribution >= 0.6 is 7.82 Å². The van der Waals surface area contributed by atoms with Crippen LogP contribution in [0.4, 0.5) is 0 Å². The van der Waals surface area contributed by atoms with Gasteiger partial charge < -0.3 is 14.5 Å². The molecule has 92 valence electrons. The molecule has 7 heteroatoms. The van der Waals surface area contributed by atoms with Gasteiger partial charge in [0.1, 0.15) is 13.2 Å². The van der Waals surface area contributed by atoms with Crippen molar-refractivity contribution in [2.24, 2.45) is 0 Å². The summed E-state index contributed by atoms with van der Waals surface area (Å²) >= 11 is 0. The first-order valence-electron chi connectivity index (χ1n) is 4.80. The lowest BCUT2D eigenvalue weighted by atomic mass is 10.5. The highest BCUT2D eigenvalue weighted by Crippen LogP contribution is 2.44. The zero-order valence-electron chi connectivity index (χ0n) is 9.71. The number of likely N-dealkylation sites (N-methyl/N-ethyl adjacent to an activating group) is 1. The number of quaternary nitrogens is 1. The molecule has 2 N–H and O–H groups in total. The lowest BCUT2D eigenvalue weighted by Crippen LogP contribution is -2.37. The van der Waals surface area contributed by atoms with E-state index in [1.165, 1.54) is 0 Å². The van der Waals surface area contributed by atoms with Gasteiger partial charge in [-0.05, 0) is 6.42 Å². The van der Waals surface area contributed by atoms with Gasteiger partial charge in [-0.25, -0.2) is 4.57 Å². The summed E-state index contributed by atoms with van der Waals surface area (Å²) in [5.41, 5.74) is 0. The molecule has 0 fully saturated rings. The van der Waals surface area contributed by atoms with Crippen molar-refractivity contribution in [2.75, 3.05) is 34.3 Å². The van der Waals surface area contributed by atoms with Crippen molar-refractivity contribution in [2.45, 2.75) is 19.6 Å². The zero-order valence-corrected chi connectivity index (χ0v) is 10.6. The summed E-state index contributed by atoms with van der Waals surface area (Å²) in [7, 11) is 1.70. The average Bonchev–Trinajstić information content (AvgIpc) is 2.00. The molecule has 0 rings (SSSR count). The Hall–Kier alpha value is 0.0300. The van der Waals surface area contributed by atoms with E-state index in [9.17, 15) is 4.57 Å². The van der Waals surface area contributed by atoms with Gasteiger partial charge in [-0.1, -0.05) is 6.92 Å². The highest BCUT2D eigenvalue weighted by Gasteiger charge is 2.25. The van der Waals surface area contributed by atoms with Crippen molar-refractivity contribution in [1.29, 1.82) is 0 Å². The van der Waals surface area contributed by atoms with Crippen molar-refractivity contribution in [3.63, 3.8) is 0 Å². The topological polar surface area (TPSA) is 76.0 Å². The second kappa shape index (κ2) is 5.94. The van der Waals surface area contributed by atoms with Gasteiger partial charge in [0.25, 0.3) is 0 Å². The second-order valence-corrected chi connectivity index (χ2v) is 5.69. The predicted molar refractivity (Wildman–Crippen MR) is 56.1 cm³/mol. The fourth-order valence-corrected chi connectivity index (χ4v) is 1.52. The van der Waals surface area contributed by atoms with Gasteiger partial charge in [-0.2, -0.15) is 0 Å². The predicted octanol–water partition coefficient (Wildman–Crippen LogP) is 0.555. The minimum absolute atomic E-state index is 0.105. The first kappa shape index (κ1) is 15.0. The number of nitrogens with zero attached hydrogens (tertiary/aromatic N) is 1. The number of rotatable bonds is 7. The van der Waals surface area contributed by atoms with E-state index in [4.69, 9.17) is 14.5 Å². The Morgan fingerprint density at radius 3 is 2.33 bits per heavy atom. The minimum Gasteiger partial charge on any atom is -0.367 e. The van der Waals surface area contributed by atoms with Crippen LogP contribution in [0.25, 0.3) is 0 Å². The maximum atomic E-state index is 11.2. The van der Waals surface area contributed by atoms with Crippen LogP contribution in [0.3, 0.4) is 0 Å². The molecule has 0 aromatic heterocycles. The van der Waals surface area contributed by atoms with Crippen LogP contribution in [0.15, 0.2) is 0 Å². The van der Waals surface area contributed by atoms with Crippen molar-refractivity contribution < 1.29 is 28.1 Å². The molecule has 0 aromatic rings. The smallest absolute Gasteiger partial charge is 0.367 e. The number of hydrogen-bond donors (Lipinski definition) is 2. The van der Waals surface area contributed by atoms with E-state index < -0.39 is 14.1 Å². The summed E-state index contributed by atoms with van der Waals surface area (Å²) in [4.78, 5) is 9.16. The summed E-state index contributed by atoms with van der Waals surface area (Å²) in [5, 5.41) is 9.01. The first-order valence-corrected chi connectivity index (χ1v) is 6.30. The molecule has 0 amide bonds. The molecule has 0 bridgehead atoms. The monoisotopic (exact) mass is 242 g/mol. The third kappa shape index (κ3) is 8.99. The molecular formula is C8H21NO5P+. The van der Waals surface area contributed by atoms with E-state index in [-0.39, 0.29) is 13.0 Å². The van der Waals surface area contributed by atoms with Gasteiger partial charge in [0.2, 0.25) is 0 Å². The Kier molecular flexibility index (Phi) is 5.95. The van der Waals surface area contributed by atoms with E-state index in [0.717, 1.165) is 0 Å². The number of phosphoric ester groups is 1. The standard InChI is InChI=1S/C8H20NO5P/c1-5-8(10)14-15(11,12)13-7-6-9(2,3)4/h8,10H,5-7H2,1-4H3/p+1. The molecule has 6 nitrogen and oxygen atoms in total. The van der Waals surface area contributed by atoms with Crippen LogP contribution in [0.2, 0.25) is 0 Å². The molecule has 0 aliphatic heterocycles. The molecule has 2 atom stereocenters. The second-order valence-electron chi connectivity index (χ2n) is 4.28. The number of hydrogen-bond acceptors (Lipinski definition) is 4. The fraction of sp³-hybridized carbons (Fsp3) is 1.00. The Morgan fingerprint density at radius 1 is 1.40 bits per heavy atom. The summed E-state index contributed by atoms with van der Waals surface area (Å²) in [6.07, 6.45) is -1.02. The van der Waals surface area contributed by atoms with Gasteiger partial charge in [0, 0.05) is 0 Å². The van der Waals surface area contributed by atoms with E-state index in [1.54, 1.807) is 6.92 Å². The van der Waals surface area contributed by atoms with Crippen molar-refractivity contribution in [1.82, 2.24) is 0 Å². The molecule has 0 saturated carbocycles. The number of phosphoric acid groups is 1. The Balaban J connectivity index is 3.90. The van der Waals surface area contributed by atoms with Gasteiger partial charge in [-0.15, -0.1) is 0 Å². The molecule has 0 spiro atoms. The van der Waals surface area contributed by atoms with E-state index in [2.05, 4.69) is 4.52 Å². The minimum atomic E-state index is -4.11. The quantitative estimate of drug-likeness (QED) is 0.387. The van der Waals surface area contributed by atoms with Gasteiger partial charge >= 0.3 is 7.82 Å². The van der Waals surface area contributed by atoms with E-state index >= 15 is 0 Å². The van der Waals surface area contributed by atoms with E-state index in [0.29, 0.717) is 11.0 Å². The van der Waals surface area contributed by atoms with Gasteiger partial charge in [0.15, 0.2) is 6.29 Å². The lowest BCUT2D eigenvalue weighted by molar-refractivity contribution is -0.870. The highest BCUT2D eigenvalue weighted by molar-refractivity contribution is 7.47. The molecular weight excluding hydrogens is 221 g/mol. The first-order chi connectivity index (χ1) is 6.66. The normalized spacial score (nSPS) is 18.5. The third-order valence-corrected chi connectivity index (χ3v) is 2.64. The molecule has 2 unspecified atom stereocenters. The van der Waals surface area contributed by atoms with Crippen LogP contribution < -0.4 is 0 Å². The number of aliphatic hydroxyl groups is 1. The van der Waals surface area contributed by atoms with Crippen molar-refractivity contribution in [3.8, 4) is 0 Å². The van der Waals surface area contributed by atoms with Crippen molar-refractivity contribution in [3.05, 3.63) is 0 Å². The average molecular weight is 242 g/mol. The largest absolute Gasteiger partial charge is 0.474 e. The lowest BCUT2D eigenvalue weighted by Gasteiger charge is -2.24. The molecule has 0 aromatic carbocycles. The van der Waals surface area contributed by atoms with Crippen LogP contribution in [0, 0.1) is 0 Å². The Bertz CT molecular complexity index is 228. The fourth-order valence-electron chi connectivity index (χ4n) is 0.689. The number of aliphatic hydroxyl groups excluding tert-OH is 1. The van der Waals surface area contributed by atoms with Crippen LogP contribution in [-0.4, -0.2) is 55.1 Å². The van der Waals surface area contributed by atoms with Crippen LogP contribution in [0.5, 0.6) is 0 Å². The van der Waals surface area contributed by atoms with Crippen LogP contribution in [0.1, 0.15) is 13.3 Å². The Morgan fingerprint density at radius 2 is 1.93 bits per heavy atom. The Labute approximate surface area is 90.6 Å². The maximum Gasteiger partial charge on any atom is 0.474 e. The van der Waals surface area contributed by atoms with E-state index in [1.807, 2.05) is 21.1 Å². The molecule has 0 heterocycles. The third-order valence-electron chi connectivity index (χ3n) is 1.62. The molecule has 0 aliphatic rings. The summed E-state index contributed by atoms with van der Waals surface area (Å²) in [6.45, 7) is 2.32. The highest BCUT2D eigenvalue weighted by atomic mass is 31.2. The molecule has 0 radical (unpaired) electrons. The summed E-state index contributed by atoms with van der Waals surface area (Å²) in [6, 6.07) is 0. The molecule has 15 heavy (non-hydrogen) atoms. The SMILES string of the molecule is CCC(O)OP(=O)(O)OCC[N+](C)(C)C. The van der Waals surface area contributed by atoms with Crippen LogP contribution in [-0.2, 0) is 13.6 Å². The van der Waals surface area contributed by atoms with Gasteiger partial charge in [-0.3, -0.25) is 9.05 Å². The molecule has 0 saturated heterocycles. The van der Waals surface area contributed by atoms with Gasteiger partial charge in [0.05, 0.1) is 21.1 Å². The summed E-state index contributed by atoms with van der Waals surface area (Å²) in [5.74, 6) is 0. The molecule has 0 aliphatic carbocycles. The van der Waals surface area contributed by atoms with Crippen molar-refractivity contribution >= 4 is 7.82 Å². The maximum absolute atomic E-state index is 11.2. The summed E-state index contributed by atoms with van der Waals surface area (Å²) < 4.78 is 21.0.